The third kappa shape index (κ3) is 2.84. The van der Waals surface area contributed by atoms with E-state index in [2.05, 4.69) is 16.1 Å². The lowest BCUT2D eigenvalue weighted by atomic mass is 10.0. The Kier molecular flexibility index (Phi) is 3.53. The number of hydrogen-bond acceptors (Lipinski definition) is 4. The number of nitrogens with zero attached hydrogens (tertiary/aromatic N) is 2. The highest BCUT2D eigenvalue weighted by molar-refractivity contribution is 5.84. The van der Waals surface area contributed by atoms with Crippen molar-refractivity contribution in [2.45, 2.75) is 26.7 Å². The molecule has 21 heavy (non-hydrogen) atoms. The van der Waals surface area contributed by atoms with E-state index in [9.17, 15) is 4.79 Å². The standard InChI is InChI=1S/C17H20N2O2/c1-11(2)15(20)8-12-4-5-14-16(9-12)21-17(18-14)13-6-7-19(3)10-13/h4-5,9-11H,6-8H2,1-3H3. The maximum atomic E-state index is 11.8. The van der Waals surface area contributed by atoms with Crippen molar-refractivity contribution in [3.63, 3.8) is 0 Å². The Balaban J connectivity index is 1.88. The lowest BCUT2D eigenvalue weighted by Crippen LogP contribution is -2.09. The number of fused-ring (bicyclic) bond motifs is 1. The first-order valence-corrected chi connectivity index (χ1v) is 7.36. The summed E-state index contributed by atoms with van der Waals surface area (Å²) in [5, 5.41) is 0. The highest BCUT2D eigenvalue weighted by atomic mass is 16.3. The SMILES string of the molecule is CC(C)C(=O)Cc1ccc2nc(C3=CN(C)CC3)oc2c1. The highest BCUT2D eigenvalue weighted by Crippen LogP contribution is 2.27. The molecule has 2 aromatic rings. The second kappa shape index (κ2) is 5.35. The predicted molar refractivity (Wildman–Crippen MR) is 82.8 cm³/mol. The van der Waals surface area contributed by atoms with E-state index in [4.69, 9.17) is 4.42 Å². The Bertz CT molecular complexity index is 713. The zero-order valence-electron chi connectivity index (χ0n) is 12.7. The number of ketones is 1. The van der Waals surface area contributed by atoms with Gasteiger partial charge in [-0.15, -0.1) is 0 Å². The van der Waals surface area contributed by atoms with Crippen LogP contribution in [0.1, 0.15) is 31.7 Å². The van der Waals surface area contributed by atoms with Crippen LogP contribution in [-0.2, 0) is 11.2 Å². The van der Waals surface area contributed by atoms with Crippen molar-refractivity contribution in [1.82, 2.24) is 9.88 Å². The van der Waals surface area contributed by atoms with E-state index < -0.39 is 0 Å². The third-order valence-corrected chi connectivity index (χ3v) is 3.86. The first kappa shape index (κ1) is 13.9. The molecule has 0 bridgehead atoms. The van der Waals surface area contributed by atoms with Crippen molar-refractivity contribution < 1.29 is 9.21 Å². The van der Waals surface area contributed by atoms with Gasteiger partial charge in [0.25, 0.3) is 0 Å². The topological polar surface area (TPSA) is 46.3 Å². The average molecular weight is 284 g/mol. The van der Waals surface area contributed by atoms with Crippen LogP contribution in [0.4, 0.5) is 0 Å². The number of rotatable bonds is 4. The number of carbonyl (C=O) groups excluding carboxylic acids is 1. The third-order valence-electron chi connectivity index (χ3n) is 3.86. The Morgan fingerprint density at radius 3 is 2.90 bits per heavy atom. The van der Waals surface area contributed by atoms with E-state index in [0.717, 1.165) is 35.2 Å². The summed E-state index contributed by atoms with van der Waals surface area (Å²) in [5.41, 5.74) is 3.73. The number of carbonyl (C=O) groups is 1. The van der Waals surface area contributed by atoms with Crippen LogP contribution in [0.15, 0.2) is 28.8 Å². The van der Waals surface area contributed by atoms with Gasteiger partial charge in [-0.2, -0.15) is 0 Å². The molecule has 3 rings (SSSR count). The van der Waals surface area contributed by atoms with Gasteiger partial charge in [-0.05, 0) is 24.1 Å². The first-order valence-electron chi connectivity index (χ1n) is 7.36. The van der Waals surface area contributed by atoms with Gasteiger partial charge in [0.05, 0.1) is 0 Å². The molecule has 1 aromatic carbocycles. The fraction of sp³-hybridized carbons (Fsp3) is 0.412. The minimum absolute atomic E-state index is 0.0603. The summed E-state index contributed by atoms with van der Waals surface area (Å²) in [5.74, 6) is 1.00. The van der Waals surface area contributed by atoms with Gasteiger partial charge in [-0.1, -0.05) is 19.9 Å². The molecule has 0 saturated heterocycles. The van der Waals surface area contributed by atoms with Gasteiger partial charge in [0.2, 0.25) is 5.89 Å². The Morgan fingerprint density at radius 1 is 1.43 bits per heavy atom. The van der Waals surface area contributed by atoms with Gasteiger partial charge in [-0.3, -0.25) is 4.79 Å². The van der Waals surface area contributed by atoms with Crippen molar-refractivity contribution in [1.29, 1.82) is 0 Å². The van der Waals surface area contributed by atoms with E-state index in [1.165, 1.54) is 0 Å². The van der Waals surface area contributed by atoms with Gasteiger partial charge in [0, 0.05) is 37.7 Å². The molecule has 4 nitrogen and oxygen atoms in total. The van der Waals surface area contributed by atoms with Crippen molar-refractivity contribution in [3.8, 4) is 0 Å². The van der Waals surface area contributed by atoms with Crippen LogP contribution < -0.4 is 0 Å². The van der Waals surface area contributed by atoms with E-state index in [1.54, 1.807) is 0 Å². The molecule has 0 saturated carbocycles. The van der Waals surface area contributed by atoms with Gasteiger partial charge in [0.1, 0.15) is 11.3 Å². The smallest absolute Gasteiger partial charge is 0.224 e. The summed E-state index contributed by atoms with van der Waals surface area (Å²) >= 11 is 0. The monoisotopic (exact) mass is 284 g/mol. The summed E-state index contributed by atoms with van der Waals surface area (Å²) in [6.07, 6.45) is 3.49. The molecule has 0 fully saturated rings. The molecule has 0 unspecified atom stereocenters. The van der Waals surface area contributed by atoms with Crippen LogP contribution in [0.5, 0.6) is 0 Å². The van der Waals surface area contributed by atoms with E-state index in [0.29, 0.717) is 12.3 Å². The van der Waals surface area contributed by atoms with E-state index >= 15 is 0 Å². The fourth-order valence-corrected chi connectivity index (χ4v) is 2.48. The Hall–Kier alpha value is -2.10. The second-order valence-electron chi connectivity index (χ2n) is 6.00. The maximum Gasteiger partial charge on any atom is 0.224 e. The Morgan fingerprint density at radius 2 is 2.24 bits per heavy atom. The van der Waals surface area contributed by atoms with Gasteiger partial charge < -0.3 is 9.32 Å². The number of hydrogen-bond donors (Lipinski definition) is 0. The Labute approximate surface area is 124 Å². The van der Waals surface area contributed by atoms with Crippen molar-refractivity contribution >= 4 is 22.5 Å². The molecule has 1 aliphatic heterocycles. The molecule has 0 atom stereocenters. The van der Waals surface area contributed by atoms with Crippen LogP contribution in [-0.4, -0.2) is 29.3 Å². The van der Waals surface area contributed by atoms with Crippen molar-refractivity contribution in [3.05, 3.63) is 35.9 Å². The minimum Gasteiger partial charge on any atom is -0.436 e. The fourth-order valence-electron chi connectivity index (χ4n) is 2.48. The quantitative estimate of drug-likeness (QED) is 0.864. The summed E-state index contributed by atoms with van der Waals surface area (Å²) in [4.78, 5) is 18.5. The number of benzene rings is 1. The van der Waals surface area contributed by atoms with Crippen LogP contribution in [0, 0.1) is 5.92 Å². The van der Waals surface area contributed by atoms with Crippen LogP contribution >= 0.6 is 0 Å². The molecule has 2 heterocycles. The predicted octanol–water partition coefficient (Wildman–Crippen LogP) is 3.27. The largest absolute Gasteiger partial charge is 0.436 e. The molecule has 0 N–H and O–H groups in total. The molecule has 1 aromatic heterocycles. The molecule has 0 radical (unpaired) electrons. The molecule has 4 heteroatoms. The highest BCUT2D eigenvalue weighted by Gasteiger charge is 2.17. The first-order chi connectivity index (χ1) is 10.0. The molecule has 0 amide bonds. The van der Waals surface area contributed by atoms with Crippen LogP contribution in [0.25, 0.3) is 16.7 Å². The normalized spacial score (nSPS) is 15.0. The molecule has 1 aliphatic rings. The minimum atomic E-state index is 0.0603. The van der Waals surface area contributed by atoms with Crippen molar-refractivity contribution in [2.24, 2.45) is 5.92 Å². The number of aromatic nitrogens is 1. The van der Waals surface area contributed by atoms with Gasteiger partial charge >= 0.3 is 0 Å². The van der Waals surface area contributed by atoms with Gasteiger partial charge in [0.15, 0.2) is 5.58 Å². The summed E-state index contributed by atoms with van der Waals surface area (Å²) < 4.78 is 5.87. The zero-order chi connectivity index (χ0) is 15.0. The lowest BCUT2D eigenvalue weighted by molar-refractivity contribution is -0.121. The number of Topliss-reactive ketones (excluding diaryl/α,β-unsaturated/α-hetero) is 1. The summed E-state index contributed by atoms with van der Waals surface area (Å²) in [7, 11) is 2.05. The molecule has 110 valence electrons. The molecular formula is C17H20N2O2. The van der Waals surface area contributed by atoms with Crippen LogP contribution in [0.3, 0.4) is 0 Å². The number of oxazole rings is 1. The zero-order valence-corrected chi connectivity index (χ0v) is 12.7. The summed E-state index contributed by atoms with van der Waals surface area (Å²) in [6, 6.07) is 5.83. The van der Waals surface area contributed by atoms with Crippen molar-refractivity contribution in [2.75, 3.05) is 13.6 Å². The lowest BCUT2D eigenvalue weighted by Gasteiger charge is -2.03. The maximum absolute atomic E-state index is 11.8. The molecule has 0 aliphatic carbocycles. The van der Waals surface area contributed by atoms with E-state index in [-0.39, 0.29) is 11.7 Å². The second-order valence-corrected chi connectivity index (χ2v) is 6.00. The molecule has 0 spiro atoms. The van der Waals surface area contributed by atoms with Crippen LogP contribution in [0.2, 0.25) is 0 Å². The summed E-state index contributed by atoms with van der Waals surface area (Å²) in [6.45, 7) is 4.86. The van der Waals surface area contributed by atoms with Gasteiger partial charge in [-0.25, -0.2) is 4.98 Å². The molecular weight excluding hydrogens is 264 g/mol. The average Bonchev–Trinajstić information content (AvgIpc) is 3.03. The van der Waals surface area contributed by atoms with E-state index in [1.807, 2.05) is 39.1 Å².